The Morgan fingerprint density at radius 2 is 2.29 bits per heavy atom. The van der Waals surface area contributed by atoms with E-state index in [0.29, 0.717) is 19.1 Å². The number of benzene rings is 1. The quantitative estimate of drug-likeness (QED) is 0.826. The Hall–Kier alpha value is -1.07. The van der Waals surface area contributed by atoms with Crippen LogP contribution in [0.1, 0.15) is 26.7 Å². The molecule has 2 unspecified atom stereocenters. The molecule has 0 aromatic heterocycles. The molecule has 1 aliphatic heterocycles. The molecule has 1 amide bonds. The molecule has 1 N–H and O–H groups in total. The van der Waals surface area contributed by atoms with Crippen molar-refractivity contribution in [1.29, 1.82) is 0 Å². The highest BCUT2D eigenvalue weighted by atomic mass is 79.9. The number of nitrogens with zero attached hydrogens (tertiary/aromatic N) is 1. The van der Waals surface area contributed by atoms with Crippen LogP contribution in [0.15, 0.2) is 28.7 Å². The van der Waals surface area contributed by atoms with E-state index in [1.165, 1.54) is 0 Å². The first-order chi connectivity index (χ1) is 10.1. The van der Waals surface area contributed by atoms with E-state index in [0.717, 1.165) is 29.7 Å². The van der Waals surface area contributed by atoms with Gasteiger partial charge in [-0.1, -0.05) is 22.0 Å². The Morgan fingerprint density at radius 3 is 3.05 bits per heavy atom. The number of halogens is 1. The van der Waals surface area contributed by atoms with E-state index in [-0.39, 0.29) is 11.9 Å². The number of carbonyl (C=O) groups is 1. The smallest absolute Gasteiger partial charge is 0.223 e. The van der Waals surface area contributed by atoms with Crippen LogP contribution in [-0.2, 0) is 4.79 Å². The second-order valence-corrected chi connectivity index (χ2v) is 6.40. The molecule has 116 valence electrons. The summed E-state index contributed by atoms with van der Waals surface area (Å²) in [6.45, 7) is 6.48. The van der Waals surface area contributed by atoms with Crippen molar-refractivity contribution < 1.29 is 9.53 Å². The van der Waals surface area contributed by atoms with Crippen LogP contribution < -0.4 is 10.1 Å². The molecule has 2 atom stereocenters. The van der Waals surface area contributed by atoms with E-state index in [2.05, 4.69) is 35.1 Å². The highest BCUT2D eigenvalue weighted by molar-refractivity contribution is 9.10. The lowest BCUT2D eigenvalue weighted by Crippen LogP contribution is -2.57. The second-order valence-electron chi connectivity index (χ2n) is 5.48. The van der Waals surface area contributed by atoms with Crippen LogP contribution in [-0.4, -0.2) is 42.6 Å². The van der Waals surface area contributed by atoms with Gasteiger partial charge in [0.2, 0.25) is 5.91 Å². The summed E-state index contributed by atoms with van der Waals surface area (Å²) >= 11 is 3.41. The predicted molar refractivity (Wildman–Crippen MR) is 87.5 cm³/mol. The van der Waals surface area contributed by atoms with Crippen LogP contribution in [0.4, 0.5) is 0 Å². The van der Waals surface area contributed by atoms with Gasteiger partial charge in [0, 0.05) is 36.1 Å². The minimum absolute atomic E-state index is 0.230. The molecule has 1 aliphatic rings. The first kappa shape index (κ1) is 16.3. The van der Waals surface area contributed by atoms with Crippen molar-refractivity contribution in [3.05, 3.63) is 28.7 Å². The molecule has 1 heterocycles. The fourth-order valence-electron chi connectivity index (χ4n) is 2.52. The van der Waals surface area contributed by atoms with Crippen molar-refractivity contribution in [2.45, 2.75) is 38.8 Å². The zero-order valence-electron chi connectivity index (χ0n) is 12.6. The van der Waals surface area contributed by atoms with Gasteiger partial charge in [-0.3, -0.25) is 4.79 Å². The lowest BCUT2D eigenvalue weighted by Gasteiger charge is -2.38. The third kappa shape index (κ3) is 4.71. The standard InChI is InChI=1S/C16H23BrN2O2/c1-12-13(2)19(9-8-18-12)16(20)7-4-10-21-15-6-3-5-14(17)11-15/h3,5-6,11-13,18H,4,7-10H2,1-2H3. The molecule has 1 saturated heterocycles. The molecule has 2 rings (SSSR count). The van der Waals surface area contributed by atoms with E-state index in [1.807, 2.05) is 29.2 Å². The number of hydrogen-bond acceptors (Lipinski definition) is 3. The lowest BCUT2D eigenvalue weighted by molar-refractivity contribution is -0.135. The monoisotopic (exact) mass is 354 g/mol. The van der Waals surface area contributed by atoms with E-state index in [9.17, 15) is 4.79 Å². The van der Waals surface area contributed by atoms with Gasteiger partial charge in [0.25, 0.3) is 0 Å². The highest BCUT2D eigenvalue weighted by Crippen LogP contribution is 2.18. The summed E-state index contributed by atoms with van der Waals surface area (Å²) in [6.07, 6.45) is 1.29. The fraction of sp³-hybridized carbons (Fsp3) is 0.562. The molecule has 5 heteroatoms. The van der Waals surface area contributed by atoms with Crippen molar-refractivity contribution in [3.8, 4) is 5.75 Å². The fourth-order valence-corrected chi connectivity index (χ4v) is 2.90. The topological polar surface area (TPSA) is 41.6 Å². The van der Waals surface area contributed by atoms with E-state index in [4.69, 9.17) is 4.74 Å². The van der Waals surface area contributed by atoms with Gasteiger partial charge in [-0.05, 0) is 38.5 Å². The number of piperazine rings is 1. The first-order valence-corrected chi connectivity index (χ1v) is 8.28. The molecule has 0 saturated carbocycles. The van der Waals surface area contributed by atoms with Gasteiger partial charge in [-0.25, -0.2) is 0 Å². The largest absolute Gasteiger partial charge is 0.494 e. The molecular formula is C16H23BrN2O2. The Morgan fingerprint density at radius 1 is 1.48 bits per heavy atom. The number of hydrogen-bond donors (Lipinski definition) is 1. The van der Waals surface area contributed by atoms with Crippen LogP contribution in [0, 0.1) is 0 Å². The minimum atomic E-state index is 0.230. The molecule has 1 aromatic carbocycles. The third-order valence-electron chi connectivity index (χ3n) is 3.95. The van der Waals surface area contributed by atoms with Crippen molar-refractivity contribution in [1.82, 2.24) is 10.2 Å². The summed E-state index contributed by atoms with van der Waals surface area (Å²) < 4.78 is 6.66. The number of carbonyl (C=O) groups excluding carboxylic acids is 1. The summed E-state index contributed by atoms with van der Waals surface area (Å²) in [4.78, 5) is 14.2. The minimum Gasteiger partial charge on any atom is -0.494 e. The maximum atomic E-state index is 12.3. The zero-order valence-corrected chi connectivity index (χ0v) is 14.2. The maximum absolute atomic E-state index is 12.3. The second kappa shape index (κ2) is 7.80. The summed E-state index contributed by atoms with van der Waals surface area (Å²) in [5.74, 6) is 1.06. The van der Waals surface area contributed by atoms with Crippen molar-refractivity contribution in [3.63, 3.8) is 0 Å². The van der Waals surface area contributed by atoms with Crippen molar-refractivity contribution in [2.75, 3.05) is 19.7 Å². The van der Waals surface area contributed by atoms with E-state index >= 15 is 0 Å². The summed E-state index contributed by atoms with van der Waals surface area (Å²) in [5, 5.41) is 3.39. The van der Waals surface area contributed by atoms with Crippen LogP contribution >= 0.6 is 15.9 Å². The van der Waals surface area contributed by atoms with Crippen molar-refractivity contribution >= 4 is 21.8 Å². The van der Waals surface area contributed by atoms with Gasteiger partial charge >= 0.3 is 0 Å². The number of nitrogens with one attached hydrogen (secondary N) is 1. The Kier molecular flexibility index (Phi) is 6.06. The van der Waals surface area contributed by atoms with E-state index in [1.54, 1.807) is 0 Å². The van der Waals surface area contributed by atoms with E-state index < -0.39 is 0 Å². The Bertz CT molecular complexity index is 481. The van der Waals surface area contributed by atoms with Crippen LogP contribution in [0.3, 0.4) is 0 Å². The summed E-state index contributed by atoms with van der Waals surface area (Å²) in [6, 6.07) is 8.38. The maximum Gasteiger partial charge on any atom is 0.223 e. The van der Waals surface area contributed by atoms with Gasteiger partial charge < -0.3 is 15.0 Å². The predicted octanol–water partition coefficient (Wildman–Crippen LogP) is 2.82. The first-order valence-electron chi connectivity index (χ1n) is 7.49. The Balaban J connectivity index is 1.72. The molecule has 21 heavy (non-hydrogen) atoms. The van der Waals surface area contributed by atoms with Gasteiger partial charge in [0.05, 0.1) is 6.61 Å². The van der Waals surface area contributed by atoms with Crippen molar-refractivity contribution in [2.24, 2.45) is 0 Å². The average Bonchev–Trinajstić information content (AvgIpc) is 2.46. The van der Waals surface area contributed by atoms with Gasteiger partial charge in [0.1, 0.15) is 5.75 Å². The molecule has 4 nitrogen and oxygen atoms in total. The van der Waals surface area contributed by atoms with Gasteiger partial charge in [-0.2, -0.15) is 0 Å². The van der Waals surface area contributed by atoms with Gasteiger partial charge in [0.15, 0.2) is 0 Å². The molecule has 0 aliphatic carbocycles. The molecule has 1 fully saturated rings. The highest BCUT2D eigenvalue weighted by Gasteiger charge is 2.27. The lowest BCUT2D eigenvalue weighted by atomic mass is 10.1. The zero-order chi connectivity index (χ0) is 15.2. The third-order valence-corrected chi connectivity index (χ3v) is 4.45. The van der Waals surface area contributed by atoms with Crippen LogP contribution in [0.2, 0.25) is 0 Å². The molecule has 1 aromatic rings. The SMILES string of the molecule is CC1NCCN(C(=O)CCCOc2cccc(Br)c2)C1C. The summed E-state index contributed by atoms with van der Waals surface area (Å²) in [5.41, 5.74) is 0. The molecule has 0 spiro atoms. The van der Waals surface area contributed by atoms with Crippen LogP contribution in [0.25, 0.3) is 0 Å². The van der Waals surface area contributed by atoms with Gasteiger partial charge in [-0.15, -0.1) is 0 Å². The molecular weight excluding hydrogens is 332 g/mol. The van der Waals surface area contributed by atoms with Crippen LogP contribution in [0.5, 0.6) is 5.75 Å². The number of rotatable bonds is 5. The molecule has 0 bridgehead atoms. The Labute approximate surface area is 135 Å². The normalized spacial score (nSPS) is 22.1. The summed E-state index contributed by atoms with van der Waals surface area (Å²) in [7, 11) is 0. The number of ether oxygens (including phenoxy) is 1. The average molecular weight is 355 g/mol. The molecule has 0 radical (unpaired) electrons. The number of amides is 1.